The number of esters is 2. The summed E-state index contributed by atoms with van der Waals surface area (Å²) in [7, 11) is 0. The number of hydrogen-bond donors (Lipinski definition) is 2. The number of carboxylic acid groups (broad SMARTS) is 1. The molecule has 0 fully saturated rings. The zero-order valence-electron chi connectivity index (χ0n) is 23.3. The molecule has 10 nitrogen and oxygen atoms in total. The molecule has 1 aromatic rings. The number of nitrogens with one attached hydrogen (secondary N) is 1. The van der Waals surface area contributed by atoms with Crippen molar-refractivity contribution in [2.24, 2.45) is 16.7 Å². The van der Waals surface area contributed by atoms with E-state index in [9.17, 15) is 24.3 Å². The molecule has 37 heavy (non-hydrogen) atoms. The van der Waals surface area contributed by atoms with Crippen LogP contribution in [0.4, 0.5) is 4.79 Å². The number of carboxylic acids is 1. The van der Waals surface area contributed by atoms with Crippen molar-refractivity contribution in [3.05, 3.63) is 23.8 Å². The van der Waals surface area contributed by atoms with Crippen LogP contribution in [-0.2, 0) is 30.3 Å². The van der Waals surface area contributed by atoms with E-state index in [0.29, 0.717) is 5.56 Å². The molecular formula is C27H41NO9. The van der Waals surface area contributed by atoms with Crippen molar-refractivity contribution in [1.82, 2.24) is 5.32 Å². The van der Waals surface area contributed by atoms with Crippen LogP contribution < -0.4 is 14.8 Å². The van der Waals surface area contributed by atoms with Gasteiger partial charge in [0.15, 0.2) is 11.5 Å². The largest absolute Gasteiger partial charge is 0.508 e. The lowest BCUT2D eigenvalue weighted by molar-refractivity contribution is -0.145. The van der Waals surface area contributed by atoms with Crippen molar-refractivity contribution in [3.63, 3.8) is 0 Å². The molecule has 0 heterocycles. The van der Waals surface area contributed by atoms with Crippen LogP contribution in [0.1, 0.15) is 67.9 Å². The number of aliphatic carboxylic acids is 1. The average molecular weight is 524 g/mol. The second-order valence-corrected chi connectivity index (χ2v) is 11.4. The van der Waals surface area contributed by atoms with E-state index in [2.05, 4.69) is 5.32 Å². The summed E-state index contributed by atoms with van der Waals surface area (Å²) in [6.45, 7) is 15.8. The van der Waals surface area contributed by atoms with Crippen LogP contribution in [0.3, 0.4) is 0 Å². The summed E-state index contributed by atoms with van der Waals surface area (Å²) in [5.41, 5.74) is -1.08. The molecule has 0 saturated heterocycles. The third-order valence-corrected chi connectivity index (χ3v) is 4.86. The topological polar surface area (TPSA) is 137 Å². The first kappa shape index (κ1) is 31.9. The zero-order chi connectivity index (χ0) is 28.6. The summed E-state index contributed by atoms with van der Waals surface area (Å²) in [6.07, 6.45) is -1.43. The molecule has 2 N–H and O–H groups in total. The highest BCUT2D eigenvalue weighted by Crippen LogP contribution is 2.33. The summed E-state index contributed by atoms with van der Waals surface area (Å²) in [4.78, 5) is 48.6. The van der Waals surface area contributed by atoms with Crippen LogP contribution in [0.25, 0.3) is 0 Å². The second-order valence-electron chi connectivity index (χ2n) is 11.4. The molecule has 0 aliphatic rings. The highest BCUT2D eigenvalue weighted by molar-refractivity contribution is 5.81. The van der Waals surface area contributed by atoms with Crippen LogP contribution in [0.15, 0.2) is 18.2 Å². The Balaban J connectivity index is 3.02. The molecule has 208 valence electrons. The van der Waals surface area contributed by atoms with E-state index in [1.54, 1.807) is 54.5 Å². The van der Waals surface area contributed by atoms with Crippen LogP contribution in [0.2, 0.25) is 0 Å². The summed E-state index contributed by atoms with van der Waals surface area (Å²) >= 11 is 0. The lowest BCUT2D eigenvalue weighted by atomic mass is 9.97. The molecule has 0 aliphatic carbocycles. The van der Waals surface area contributed by atoms with Gasteiger partial charge in [0, 0.05) is 6.54 Å². The average Bonchev–Trinajstić information content (AvgIpc) is 2.75. The molecule has 0 bridgehead atoms. The van der Waals surface area contributed by atoms with Crippen molar-refractivity contribution in [1.29, 1.82) is 0 Å². The molecule has 1 rings (SSSR count). The third-order valence-electron chi connectivity index (χ3n) is 4.86. The highest BCUT2D eigenvalue weighted by atomic mass is 16.7. The standard InChI is InChI=1S/C27H41NO9/c1-16(2)15-34-25(33)35-17(3)14-28-19(22(29)30)12-18-10-11-20(36-23(31)26(4,5)6)21(13-18)37-24(32)27(7,8)9/h10-11,13,16-17,19,28H,12,14-15H2,1-9H3,(H,29,30)/t17?,19-/m0/s1. The summed E-state index contributed by atoms with van der Waals surface area (Å²) in [5.74, 6) is -1.94. The summed E-state index contributed by atoms with van der Waals surface area (Å²) in [6, 6.07) is 3.52. The Kier molecular flexibility index (Phi) is 11.6. The van der Waals surface area contributed by atoms with Crippen LogP contribution in [0.5, 0.6) is 11.5 Å². The number of ether oxygens (including phenoxy) is 4. The number of rotatable bonds is 11. The summed E-state index contributed by atoms with van der Waals surface area (Å²) in [5, 5.41) is 12.6. The Labute approximate surface area is 219 Å². The van der Waals surface area contributed by atoms with E-state index < -0.39 is 47.0 Å². The second kappa shape index (κ2) is 13.4. The van der Waals surface area contributed by atoms with Gasteiger partial charge in [-0.1, -0.05) is 19.9 Å². The van der Waals surface area contributed by atoms with E-state index in [1.165, 1.54) is 12.1 Å². The first-order valence-corrected chi connectivity index (χ1v) is 12.3. The Hall–Kier alpha value is -3.14. The first-order chi connectivity index (χ1) is 16.9. The maximum Gasteiger partial charge on any atom is 0.508 e. The van der Waals surface area contributed by atoms with Crippen molar-refractivity contribution >= 4 is 24.1 Å². The molecule has 0 spiro atoms. The van der Waals surface area contributed by atoms with E-state index in [-0.39, 0.29) is 37.0 Å². The molecule has 0 radical (unpaired) electrons. The maximum atomic E-state index is 12.5. The predicted octanol–water partition coefficient (Wildman–Crippen LogP) is 4.37. The fraction of sp³-hybridized carbons (Fsp3) is 0.630. The van der Waals surface area contributed by atoms with Gasteiger partial charge < -0.3 is 29.4 Å². The molecule has 0 saturated carbocycles. The van der Waals surface area contributed by atoms with Gasteiger partial charge in [-0.05, 0) is 78.5 Å². The molecule has 0 aliphatic heterocycles. The minimum absolute atomic E-state index is 0.0174. The van der Waals surface area contributed by atoms with E-state index in [1.807, 2.05) is 13.8 Å². The van der Waals surface area contributed by atoms with Gasteiger partial charge in [0.2, 0.25) is 0 Å². The Morgan fingerprint density at radius 1 is 0.892 bits per heavy atom. The van der Waals surface area contributed by atoms with Gasteiger partial charge in [0.1, 0.15) is 12.1 Å². The monoisotopic (exact) mass is 523 g/mol. The number of carbonyl (C=O) groups is 4. The Morgan fingerprint density at radius 3 is 1.92 bits per heavy atom. The quantitative estimate of drug-likeness (QED) is 0.318. The fourth-order valence-electron chi connectivity index (χ4n) is 2.61. The molecule has 1 aromatic carbocycles. The Bertz CT molecular complexity index is 958. The number of benzene rings is 1. The van der Waals surface area contributed by atoms with Gasteiger partial charge in [0.25, 0.3) is 0 Å². The maximum absolute atomic E-state index is 12.5. The minimum atomic E-state index is -1.12. The van der Waals surface area contributed by atoms with Gasteiger partial charge in [-0.25, -0.2) is 4.79 Å². The Morgan fingerprint density at radius 2 is 1.43 bits per heavy atom. The zero-order valence-corrected chi connectivity index (χ0v) is 23.3. The van der Waals surface area contributed by atoms with Crippen molar-refractivity contribution in [3.8, 4) is 11.5 Å². The third kappa shape index (κ3) is 11.6. The predicted molar refractivity (Wildman–Crippen MR) is 136 cm³/mol. The molecule has 0 amide bonds. The molecule has 2 atom stereocenters. The fourth-order valence-corrected chi connectivity index (χ4v) is 2.61. The van der Waals surface area contributed by atoms with Gasteiger partial charge in [0.05, 0.1) is 17.4 Å². The minimum Gasteiger partial charge on any atom is -0.480 e. The molecular weight excluding hydrogens is 482 g/mol. The highest BCUT2D eigenvalue weighted by Gasteiger charge is 2.29. The van der Waals surface area contributed by atoms with Gasteiger partial charge in [-0.15, -0.1) is 0 Å². The molecule has 10 heteroatoms. The van der Waals surface area contributed by atoms with E-state index >= 15 is 0 Å². The normalized spacial score (nSPS) is 13.5. The number of carbonyl (C=O) groups excluding carboxylic acids is 3. The van der Waals surface area contributed by atoms with E-state index in [4.69, 9.17) is 18.9 Å². The van der Waals surface area contributed by atoms with Crippen molar-refractivity contribution in [2.45, 2.75) is 80.9 Å². The van der Waals surface area contributed by atoms with Crippen LogP contribution in [0, 0.1) is 16.7 Å². The van der Waals surface area contributed by atoms with Crippen molar-refractivity contribution in [2.75, 3.05) is 13.2 Å². The lowest BCUT2D eigenvalue weighted by Crippen LogP contribution is -2.42. The number of hydrogen-bond acceptors (Lipinski definition) is 9. The molecule has 1 unspecified atom stereocenters. The van der Waals surface area contributed by atoms with Crippen LogP contribution in [-0.4, -0.2) is 54.5 Å². The smallest absolute Gasteiger partial charge is 0.480 e. The SMILES string of the molecule is CC(C)COC(=O)OC(C)CN[C@@H](Cc1ccc(OC(=O)C(C)(C)C)c(OC(=O)C(C)(C)C)c1)C(=O)O. The van der Waals surface area contributed by atoms with Crippen molar-refractivity contribution < 1.29 is 43.2 Å². The van der Waals surface area contributed by atoms with Gasteiger partial charge in [-0.3, -0.25) is 14.4 Å². The van der Waals surface area contributed by atoms with E-state index in [0.717, 1.165) is 0 Å². The lowest BCUT2D eigenvalue weighted by Gasteiger charge is -2.22. The van der Waals surface area contributed by atoms with Gasteiger partial charge in [-0.2, -0.15) is 0 Å². The summed E-state index contributed by atoms with van der Waals surface area (Å²) < 4.78 is 21.1. The van der Waals surface area contributed by atoms with Gasteiger partial charge >= 0.3 is 24.1 Å². The first-order valence-electron chi connectivity index (χ1n) is 12.3. The molecule has 0 aromatic heterocycles. The van der Waals surface area contributed by atoms with Crippen LogP contribution >= 0.6 is 0 Å².